The second-order valence-corrected chi connectivity index (χ2v) is 6.63. The number of halogens is 1. The molecular weight excluding hydrogens is 329 g/mol. The van der Waals surface area contributed by atoms with Crippen molar-refractivity contribution in [1.82, 2.24) is 19.7 Å². The van der Waals surface area contributed by atoms with Crippen LogP contribution < -0.4 is 5.32 Å². The standard InChI is InChI=1S/C16H16FN5OS/c1-9-18-16(21-22(9)3)20-14(23)8-13-15(19-10(2)24-13)11-4-6-12(17)7-5-11/h4-7H,8H2,1-3H3,(H,20,21,23). The number of hydrogen-bond donors (Lipinski definition) is 1. The van der Waals surface area contributed by atoms with Crippen molar-refractivity contribution in [2.24, 2.45) is 7.05 Å². The maximum absolute atomic E-state index is 13.1. The average molecular weight is 345 g/mol. The minimum Gasteiger partial charge on any atom is -0.293 e. The lowest BCUT2D eigenvalue weighted by Crippen LogP contribution is -2.15. The molecule has 0 spiro atoms. The first-order valence-electron chi connectivity index (χ1n) is 7.32. The molecule has 0 unspecified atom stereocenters. The van der Waals surface area contributed by atoms with E-state index in [9.17, 15) is 9.18 Å². The molecule has 0 fully saturated rings. The van der Waals surface area contributed by atoms with Crippen LogP contribution in [0.3, 0.4) is 0 Å². The average Bonchev–Trinajstić information content (AvgIpc) is 3.02. The maximum atomic E-state index is 13.1. The Morgan fingerprint density at radius 2 is 1.96 bits per heavy atom. The van der Waals surface area contributed by atoms with Crippen LogP contribution in [-0.4, -0.2) is 25.7 Å². The molecular formula is C16H16FN5OS. The predicted molar refractivity (Wildman–Crippen MR) is 90.3 cm³/mol. The van der Waals surface area contributed by atoms with Gasteiger partial charge in [-0.05, 0) is 38.1 Å². The first-order chi connectivity index (χ1) is 11.4. The molecule has 1 amide bonds. The molecule has 3 rings (SSSR count). The molecule has 24 heavy (non-hydrogen) atoms. The van der Waals surface area contributed by atoms with Gasteiger partial charge in [-0.25, -0.2) is 9.37 Å². The van der Waals surface area contributed by atoms with Crippen molar-refractivity contribution in [1.29, 1.82) is 0 Å². The second-order valence-electron chi connectivity index (χ2n) is 5.34. The van der Waals surface area contributed by atoms with Crippen LogP contribution in [0.1, 0.15) is 15.7 Å². The fourth-order valence-corrected chi connectivity index (χ4v) is 3.21. The zero-order chi connectivity index (χ0) is 17.3. The summed E-state index contributed by atoms with van der Waals surface area (Å²) in [4.78, 5) is 21.7. The van der Waals surface area contributed by atoms with Crippen LogP contribution >= 0.6 is 11.3 Å². The van der Waals surface area contributed by atoms with Crippen LogP contribution in [0.5, 0.6) is 0 Å². The van der Waals surface area contributed by atoms with E-state index in [1.807, 2.05) is 13.8 Å². The topological polar surface area (TPSA) is 72.7 Å². The van der Waals surface area contributed by atoms with E-state index in [2.05, 4.69) is 20.4 Å². The molecule has 0 saturated heterocycles. The van der Waals surface area contributed by atoms with Gasteiger partial charge in [0.15, 0.2) is 0 Å². The third kappa shape index (κ3) is 3.48. The molecule has 0 aliphatic carbocycles. The molecule has 1 aromatic carbocycles. The summed E-state index contributed by atoms with van der Waals surface area (Å²) >= 11 is 1.45. The normalized spacial score (nSPS) is 10.8. The molecule has 6 nitrogen and oxygen atoms in total. The van der Waals surface area contributed by atoms with Gasteiger partial charge in [0.25, 0.3) is 0 Å². The molecule has 8 heteroatoms. The molecule has 1 N–H and O–H groups in total. The molecule has 2 aromatic heterocycles. The van der Waals surface area contributed by atoms with E-state index in [4.69, 9.17) is 0 Å². The van der Waals surface area contributed by atoms with Gasteiger partial charge < -0.3 is 0 Å². The molecule has 0 aliphatic rings. The van der Waals surface area contributed by atoms with E-state index in [0.717, 1.165) is 15.4 Å². The van der Waals surface area contributed by atoms with Crippen LogP contribution in [0, 0.1) is 19.7 Å². The number of hydrogen-bond acceptors (Lipinski definition) is 5. The number of nitrogens with one attached hydrogen (secondary N) is 1. The van der Waals surface area contributed by atoms with Gasteiger partial charge in [-0.15, -0.1) is 16.4 Å². The van der Waals surface area contributed by atoms with Crippen LogP contribution in [0.25, 0.3) is 11.3 Å². The number of aromatic nitrogens is 4. The van der Waals surface area contributed by atoms with E-state index in [1.54, 1.807) is 23.9 Å². The fourth-order valence-electron chi connectivity index (χ4n) is 2.25. The van der Waals surface area contributed by atoms with Crippen LogP contribution in [0.4, 0.5) is 10.3 Å². The zero-order valence-electron chi connectivity index (χ0n) is 13.5. The molecule has 3 aromatic rings. The summed E-state index contributed by atoms with van der Waals surface area (Å²) < 4.78 is 14.7. The van der Waals surface area contributed by atoms with Gasteiger partial charge in [-0.2, -0.15) is 4.98 Å². The second kappa shape index (κ2) is 6.48. The van der Waals surface area contributed by atoms with Gasteiger partial charge >= 0.3 is 0 Å². The first kappa shape index (κ1) is 16.3. The smallest absolute Gasteiger partial charge is 0.248 e. The van der Waals surface area contributed by atoms with Crippen LogP contribution in [0.15, 0.2) is 24.3 Å². The molecule has 0 bridgehead atoms. The number of aryl methyl sites for hydroxylation is 3. The Morgan fingerprint density at radius 3 is 2.58 bits per heavy atom. The number of carbonyl (C=O) groups is 1. The number of rotatable bonds is 4. The third-order valence-electron chi connectivity index (χ3n) is 3.48. The molecule has 0 radical (unpaired) electrons. The van der Waals surface area contributed by atoms with Crippen LogP contribution in [0.2, 0.25) is 0 Å². The van der Waals surface area contributed by atoms with Crippen molar-refractivity contribution in [3.8, 4) is 11.3 Å². The Labute approximate surface area is 142 Å². The Balaban J connectivity index is 1.79. The van der Waals surface area contributed by atoms with E-state index < -0.39 is 0 Å². The third-order valence-corrected chi connectivity index (χ3v) is 4.45. The monoisotopic (exact) mass is 345 g/mol. The summed E-state index contributed by atoms with van der Waals surface area (Å²) in [7, 11) is 1.76. The van der Waals surface area contributed by atoms with Gasteiger partial charge in [-0.1, -0.05) is 0 Å². The Morgan fingerprint density at radius 1 is 1.25 bits per heavy atom. The first-order valence-corrected chi connectivity index (χ1v) is 8.14. The van der Waals surface area contributed by atoms with Crippen molar-refractivity contribution >= 4 is 23.2 Å². The fraction of sp³-hybridized carbons (Fsp3) is 0.250. The summed E-state index contributed by atoms with van der Waals surface area (Å²) in [5, 5.41) is 7.64. The van der Waals surface area contributed by atoms with Gasteiger partial charge in [0.05, 0.1) is 17.1 Å². The number of benzene rings is 1. The van der Waals surface area contributed by atoms with E-state index in [-0.39, 0.29) is 24.1 Å². The molecule has 124 valence electrons. The van der Waals surface area contributed by atoms with Gasteiger partial charge in [-0.3, -0.25) is 14.8 Å². The van der Waals surface area contributed by atoms with Crippen molar-refractivity contribution in [2.75, 3.05) is 5.32 Å². The van der Waals surface area contributed by atoms with Crippen molar-refractivity contribution in [3.05, 3.63) is 45.8 Å². The largest absolute Gasteiger partial charge is 0.293 e. The predicted octanol–water partition coefficient (Wildman–Crippen LogP) is 2.88. The van der Waals surface area contributed by atoms with E-state index in [0.29, 0.717) is 11.5 Å². The quantitative estimate of drug-likeness (QED) is 0.789. The number of nitrogens with zero attached hydrogens (tertiary/aromatic N) is 4. The lowest BCUT2D eigenvalue weighted by molar-refractivity contribution is -0.115. The summed E-state index contributed by atoms with van der Waals surface area (Å²) in [5.41, 5.74) is 1.49. The van der Waals surface area contributed by atoms with Gasteiger partial charge in [0.2, 0.25) is 11.9 Å². The Kier molecular flexibility index (Phi) is 4.39. The van der Waals surface area contributed by atoms with E-state index >= 15 is 0 Å². The zero-order valence-corrected chi connectivity index (χ0v) is 14.3. The summed E-state index contributed by atoms with van der Waals surface area (Å²) in [6, 6.07) is 6.09. The highest BCUT2D eigenvalue weighted by Gasteiger charge is 2.16. The van der Waals surface area contributed by atoms with Crippen LogP contribution in [-0.2, 0) is 18.3 Å². The highest BCUT2D eigenvalue weighted by atomic mass is 32.1. The van der Waals surface area contributed by atoms with Crippen molar-refractivity contribution in [3.63, 3.8) is 0 Å². The summed E-state index contributed by atoms with van der Waals surface area (Å²) in [6.07, 6.45) is 0.162. The van der Waals surface area contributed by atoms with Crippen molar-refractivity contribution < 1.29 is 9.18 Å². The number of amides is 1. The Hall–Kier alpha value is -2.61. The highest BCUT2D eigenvalue weighted by molar-refractivity contribution is 7.12. The molecule has 0 atom stereocenters. The molecule has 2 heterocycles. The van der Waals surface area contributed by atoms with Gasteiger partial charge in [0.1, 0.15) is 11.6 Å². The lowest BCUT2D eigenvalue weighted by Gasteiger charge is -2.03. The molecule has 0 aliphatic heterocycles. The van der Waals surface area contributed by atoms with E-state index in [1.165, 1.54) is 23.5 Å². The Bertz CT molecular complexity index is 865. The minimum atomic E-state index is -0.304. The number of anilines is 1. The summed E-state index contributed by atoms with van der Waals surface area (Å²) in [5.74, 6) is 0.477. The van der Waals surface area contributed by atoms with Gasteiger partial charge in [0, 0.05) is 17.5 Å². The highest BCUT2D eigenvalue weighted by Crippen LogP contribution is 2.28. The SMILES string of the molecule is Cc1nc(-c2ccc(F)cc2)c(CC(=O)Nc2nc(C)n(C)n2)s1. The lowest BCUT2D eigenvalue weighted by atomic mass is 10.1. The number of carbonyl (C=O) groups excluding carboxylic acids is 1. The summed E-state index contributed by atoms with van der Waals surface area (Å²) in [6.45, 7) is 3.69. The number of thiazole rings is 1. The minimum absolute atomic E-state index is 0.162. The molecule has 0 saturated carbocycles. The van der Waals surface area contributed by atoms with Crippen molar-refractivity contribution in [2.45, 2.75) is 20.3 Å². The maximum Gasteiger partial charge on any atom is 0.248 e.